The van der Waals surface area contributed by atoms with Gasteiger partial charge in [-0.05, 0) is 30.2 Å². The molecule has 1 aliphatic rings. The van der Waals surface area contributed by atoms with E-state index in [0.717, 1.165) is 18.8 Å². The number of benzene rings is 1. The van der Waals surface area contributed by atoms with Gasteiger partial charge in [-0.2, -0.15) is 0 Å². The Balaban J connectivity index is 1.84. The van der Waals surface area contributed by atoms with E-state index in [1.54, 1.807) is 4.90 Å². The molecule has 1 heterocycles. The monoisotopic (exact) mass is 277 g/mol. The first-order chi connectivity index (χ1) is 9.58. The smallest absolute Gasteiger partial charge is 0.324 e. The highest BCUT2D eigenvalue weighted by molar-refractivity contribution is 5.94. The van der Waals surface area contributed by atoms with Crippen molar-refractivity contribution < 1.29 is 9.53 Å². The first-order valence-corrected chi connectivity index (χ1v) is 7.07. The molecule has 0 unspecified atom stereocenters. The highest BCUT2D eigenvalue weighted by atomic mass is 16.5. The lowest BCUT2D eigenvalue weighted by molar-refractivity contribution is 0.0959. The summed E-state index contributed by atoms with van der Waals surface area (Å²) in [5.74, 6) is 0.524. The second-order valence-electron chi connectivity index (χ2n) is 5.48. The van der Waals surface area contributed by atoms with E-state index in [2.05, 4.69) is 13.8 Å². The maximum Gasteiger partial charge on any atom is 0.324 e. The van der Waals surface area contributed by atoms with Gasteiger partial charge in [-0.1, -0.05) is 13.8 Å². The summed E-state index contributed by atoms with van der Waals surface area (Å²) in [6.07, 6.45) is 0. The van der Waals surface area contributed by atoms with E-state index >= 15 is 0 Å². The number of carbonyl (C=O) groups excluding carboxylic acids is 1. The third-order valence-corrected chi connectivity index (χ3v) is 3.26. The van der Waals surface area contributed by atoms with Crippen LogP contribution in [0.15, 0.2) is 24.3 Å². The molecule has 0 spiro atoms. The minimum absolute atomic E-state index is 0.0444. The third-order valence-electron chi connectivity index (χ3n) is 3.26. The number of rotatable bonds is 6. The van der Waals surface area contributed by atoms with Crippen molar-refractivity contribution in [3.05, 3.63) is 24.3 Å². The van der Waals surface area contributed by atoms with Gasteiger partial charge in [0.1, 0.15) is 0 Å². The maximum absolute atomic E-state index is 12.3. The van der Waals surface area contributed by atoms with E-state index in [1.807, 2.05) is 29.2 Å². The van der Waals surface area contributed by atoms with Crippen LogP contribution in [0.1, 0.15) is 13.8 Å². The first-order valence-electron chi connectivity index (χ1n) is 7.07. The fourth-order valence-electron chi connectivity index (χ4n) is 2.18. The van der Waals surface area contributed by atoms with Crippen LogP contribution >= 0.6 is 0 Å². The van der Waals surface area contributed by atoms with Gasteiger partial charge >= 0.3 is 6.03 Å². The molecule has 1 saturated heterocycles. The summed E-state index contributed by atoms with van der Waals surface area (Å²) in [7, 11) is 0. The van der Waals surface area contributed by atoms with E-state index in [0.29, 0.717) is 31.3 Å². The lowest BCUT2D eigenvalue weighted by atomic mass is 10.2. The number of hydrogen-bond donors (Lipinski definition) is 1. The third kappa shape index (κ3) is 3.63. The van der Waals surface area contributed by atoms with Crippen molar-refractivity contribution in [1.29, 1.82) is 0 Å². The molecule has 0 aliphatic carbocycles. The van der Waals surface area contributed by atoms with E-state index in [-0.39, 0.29) is 6.03 Å². The highest BCUT2D eigenvalue weighted by Gasteiger charge is 2.28. The van der Waals surface area contributed by atoms with Crippen LogP contribution in [0.2, 0.25) is 0 Å². The molecule has 2 rings (SSSR count). The molecular formula is C15H23N3O2. The number of nitrogens with two attached hydrogens (primary N) is 1. The van der Waals surface area contributed by atoms with Gasteiger partial charge in [0.25, 0.3) is 0 Å². The zero-order valence-electron chi connectivity index (χ0n) is 12.2. The Labute approximate surface area is 120 Å². The maximum atomic E-state index is 12.3. The van der Waals surface area contributed by atoms with Crippen LogP contribution in [0, 0.1) is 5.92 Å². The van der Waals surface area contributed by atoms with Gasteiger partial charge in [-0.25, -0.2) is 4.79 Å². The molecule has 1 fully saturated rings. The number of urea groups is 1. The standard InChI is InChI=1S/C15H23N3O2/c1-12(2)11-20-10-9-17-7-8-18(15(17)19)14-5-3-13(16)4-6-14/h3-6,12H,7-11,16H2,1-2H3. The summed E-state index contributed by atoms with van der Waals surface area (Å²) in [6.45, 7) is 7.68. The molecule has 2 N–H and O–H groups in total. The Kier molecular flexibility index (Phi) is 4.84. The predicted octanol–water partition coefficient (Wildman–Crippen LogP) is 2.18. The molecule has 0 atom stereocenters. The van der Waals surface area contributed by atoms with Crippen molar-refractivity contribution in [2.24, 2.45) is 5.92 Å². The second kappa shape index (κ2) is 6.61. The molecular weight excluding hydrogens is 254 g/mol. The Morgan fingerprint density at radius 2 is 1.95 bits per heavy atom. The number of anilines is 2. The summed E-state index contributed by atoms with van der Waals surface area (Å²) in [5.41, 5.74) is 7.27. The zero-order valence-corrected chi connectivity index (χ0v) is 12.2. The Morgan fingerprint density at radius 3 is 2.60 bits per heavy atom. The van der Waals surface area contributed by atoms with Crippen molar-refractivity contribution in [3.8, 4) is 0 Å². The first kappa shape index (κ1) is 14.7. The topological polar surface area (TPSA) is 58.8 Å². The van der Waals surface area contributed by atoms with Crippen molar-refractivity contribution in [2.45, 2.75) is 13.8 Å². The molecule has 0 saturated carbocycles. The molecule has 110 valence electrons. The second-order valence-corrected chi connectivity index (χ2v) is 5.48. The normalized spacial score (nSPS) is 15.4. The van der Waals surface area contributed by atoms with Gasteiger partial charge in [0, 0.05) is 37.6 Å². The summed E-state index contributed by atoms with van der Waals surface area (Å²) in [5, 5.41) is 0. The summed E-state index contributed by atoms with van der Waals surface area (Å²) >= 11 is 0. The number of carbonyl (C=O) groups is 1. The molecule has 0 radical (unpaired) electrons. The van der Waals surface area contributed by atoms with E-state index < -0.39 is 0 Å². The lowest BCUT2D eigenvalue weighted by Crippen LogP contribution is -2.34. The lowest BCUT2D eigenvalue weighted by Gasteiger charge is -2.19. The molecule has 0 aromatic heterocycles. The van der Waals surface area contributed by atoms with Crippen LogP contribution in [0.5, 0.6) is 0 Å². The Hall–Kier alpha value is -1.75. The Morgan fingerprint density at radius 1 is 1.25 bits per heavy atom. The van der Waals surface area contributed by atoms with Gasteiger partial charge in [-0.15, -0.1) is 0 Å². The summed E-state index contributed by atoms with van der Waals surface area (Å²) < 4.78 is 5.53. The number of ether oxygens (including phenoxy) is 1. The largest absolute Gasteiger partial charge is 0.399 e. The highest BCUT2D eigenvalue weighted by Crippen LogP contribution is 2.21. The average Bonchev–Trinajstić information content (AvgIpc) is 2.77. The molecule has 0 bridgehead atoms. The number of amides is 2. The number of nitrogen functional groups attached to an aromatic ring is 1. The van der Waals surface area contributed by atoms with Crippen LogP contribution in [0.25, 0.3) is 0 Å². The van der Waals surface area contributed by atoms with Gasteiger partial charge in [0.05, 0.1) is 6.61 Å². The SMILES string of the molecule is CC(C)COCCN1CCN(c2ccc(N)cc2)C1=O. The van der Waals surface area contributed by atoms with Crippen molar-refractivity contribution in [3.63, 3.8) is 0 Å². The number of hydrogen-bond acceptors (Lipinski definition) is 3. The summed E-state index contributed by atoms with van der Waals surface area (Å²) in [4.78, 5) is 15.9. The van der Waals surface area contributed by atoms with Crippen molar-refractivity contribution in [2.75, 3.05) is 43.5 Å². The molecule has 20 heavy (non-hydrogen) atoms. The van der Waals surface area contributed by atoms with Gasteiger partial charge in [0.2, 0.25) is 0 Å². The molecule has 1 aromatic rings. The van der Waals surface area contributed by atoms with Crippen molar-refractivity contribution >= 4 is 17.4 Å². The number of nitrogens with zero attached hydrogens (tertiary/aromatic N) is 2. The molecule has 5 nitrogen and oxygen atoms in total. The van der Waals surface area contributed by atoms with Gasteiger partial charge < -0.3 is 15.4 Å². The van der Waals surface area contributed by atoms with Crippen LogP contribution in [0.3, 0.4) is 0 Å². The fourth-order valence-corrected chi connectivity index (χ4v) is 2.18. The van der Waals surface area contributed by atoms with E-state index in [9.17, 15) is 4.79 Å². The molecule has 1 aliphatic heterocycles. The Bertz CT molecular complexity index is 445. The van der Waals surface area contributed by atoms with Crippen LogP contribution < -0.4 is 10.6 Å². The van der Waals surface area contributed by atoms with Crippen LogP contribution in [-0.2, 0) is 4.74 Å². The fraction of sp³-hybridized carbons (Fsp3) is 0.533. The zero-order chi connectivity index (χ0) is 14.5. The molecule has 1 aromatic carbocycles. The molecule has 2 amide bonds. The van der Waals surface area contributed by atoms with Crippen molar-refractivity contribution in [1.82, 2.24) is 4.90 Å². The van der Waals surface area contributed by atoms with E-state index in [4.69, 9.17) is 10.5 Å². The summed E-state index contributed by atoms with van der Waals surface area (Å²) in [6, 6.07) is 7.44. The average molecular weight is 277 g/mol. The van der Waals surface area contributed by atoms with Gasteiger partial charge in [0.15, 0.2) is 0 Å². The van der Waals surface area contributed by atoms with Crippen LogP contribution in [0.4, 0.5) is 16.2 Å². The van der Waals surface area contributed by atoms with E-state index in [1.165, 1.54) is 0 Å². The molecule has 5 heteroatoms. The predicted molar refractivity (Wildman–Crippen MR) is 80.8 cm³/mol. The quantitative estimate of drug-likeness (QED) is 0.640. The van der Waals surface area contributed by atoms with Gasteiger partial charge in [-0.3, -0.25) is 4.90 Å². The minimum Gasteiger partial charge on any atom is -0.399 e. The van der Waals surface area contributed by atoms with Crippen LogP contribution in [-0.4, -0.2) is 43.8 Å². The minimum atomic E-state index is 0.0444.